The van der Waals surface area contributed by atoms with Crippen LogP contribution in [0, 0.1) is 0 Å². The van der Waals surface area contributed by atoms with Gasteiger partial charge in [0.1, 0.15) is 0 Å². The summed E-state index contributed by atoms with van der Waals surface area (Å²) in [4.78, 5) is 18.9. The molecule has 2 N–H and O–H groups in total. The summed E-state index contributed by atoms with van der Waals surface area (Å²) in [6.45, 7) is 1.46. The highest BCUT2D eigenvalue weighted by Gasteiger charge is 2.30. The van der Waals surface area contributed by atoms with E-state index in [1.807, 2.05) is 46.1 Å². The monoisotopic (exact) mass is 443 g/mol. The molecule has 7 heteroatoms. The predicted molar refractivity (Wildman–Crippen MR) is 124 cm³/mol. The number of hydrogen-bond donors (Lipinski definition) is 2. The van der Waals surface area contributed by atoms with Gasteiger partial charge in [-0.3, -0.25) is 14.5 Å². The van der Waals surface area contributed by atoms with Crippen LogP contribution in [-0.2, 0) is 4.79 Å². The van der Waals surface area contributed by atoms with Crippen molar-refractivity contribution in [1.29, 1.82) is 0 Å². The van der Waals surface area contributed by atoms with Gasteiger partial charge in [-0.05, 0) is 56.4 Å². The maximum atomic E-state index is 12.9. The van der Waals surface area contributed by atoms with Gasteiger partial charge in [-0.25, -0.2) is 0 Å². The van der Waals surface area contributed by atoms with E-state index in [2.05, 4.69) is 26.9 Å². The Balaban J connectivity index is 1.16. The number of rotatable bonds is 6. The van der Waals surface area contributed by atoms with Gasteiger partial charge in [0.15, 0.2) is 0 Å². The average molecular weight is 444 g/mol. The molecule has 0 unspecified atom stereocenters. The maximum Gasteiger partial charge on any atom is 0.262 e. The minimum absolute atomic E-state index is 0.0219. The van der Waals surface area contributed by atoms with Crippen molar-refractivity contribution in [1.82, 2.24) is 25.0 Å². The molecular weight excluding hydrogens is 414 g/mol. The van der Waals surface area contributed by atoms with E-state index in [4.69, 9.17) is 0 Å². The van der Waals surface area contributed by atoms with Crippen molar-refractivity contribution in [2.24, 2.45) is 0 Å². The molecule has 2 saturated heterocycles. The molecular formula is C26H29N5O2. The summed E-state index contributed by atoms with van der Waals surface area (Å²) in [6.07, 6.45) is 15.0. The number of likely N-dealkylation sites (tertiary alicyclic amines) is 1. The molecule has 3 atom stereocenters. The fraction of sp³-hybridized carbons (Fsp3) is 0.423. The Labute approximate surface area is 193 Å². The van der Waals surface area contributed by atoms with Gasteiger partial charge in [-0.2, -0.15) is 5.10 Å². The summed E-state index contributed by atoms with van der Waals surface area (Å²) >= 11 is 0. The molecule has 0 bridgehead atoms. The first-order chi connectivity index (χ1) is 16.2. The third-order valence-electron chi connectivity index (χ3n) is 6.84. The number of hydrogen-bond acceptors (Lipinski definition) is 5. The van der Waals surface area contributed by atoms with E-state index in [0.29, 0.717) is 11.6 Å². The molecule has 1 amide bonds. The van der Waals surface area contributed by atoms with Crippen LogP contribution in [0.15, 0.2) is 77.7 Å². The van der Waals surface area contributed by atoms with Crippen molar-refractivity contribution in [2.75, 3.05) is 13.1 Å². The van der Waals surface area contributed by atoms with Crippen LogP contribution in [0.5, 0.6) is 0 Å². The zero-order valence-electron chi connectivity index (χ0n) is 18.6. The van der Waals surface area contributed by atoms with Crippen LogP contribution in [0.4, 0.5) is 0 Å². The number of nitrogens with zero attached hydrogens (tertiary/aromatic N) is 4. The third kappa shape index (κ3) is 4.92. The largest absolute Gasteiger partial charge is 0.387 e. The van der Waals surface area contributed by atoms with Crippen molar-refractivity contribution < 1.29 is 9.90 Å². The molecule has 2 aromatic rings. The zero-order valence-corrected chi connectivity index (χ0v) is 18.6. The van der Waals surface area contributed by atoms with Gasteiger partial charge in [-0.15, -0.1) is 0 Å². The van der Waals surface area contributed by atoms with E-state index in [-0.39, 0.29) is 18.0 Å². The van der Waals surface area contributed by atoms with Crippen molar-refractivity contribution in [3.63, 3.8) is 0 Å². The highest BCUT2D eigenvalue weighted by atomic mass is 16.3. The number of nitrogens with one attached hydrogen (secondary N) is 1. The maximum absolute atomic E-state index is 12.9. The van der Waals surface area contributed by atoms with Crippen molar-refractivity contribution >= 4 is 5.91 Å². The lowest BCUT2D eigenvalue weighted by molar-refractivity contribution is -0.128. The molecule has 0 aromatic carbocycles. The van der Waals surface area contributed by atoms with Crippen LogP contribution in [0.3, 0.4) is 0 Å². The molecule has 4 heterocycles. The number of amides is 1. The van der Waals surface area contributed by atoms with E-state index in [0.717, 1.165) is 56.3 Å². The summed E-state index contributed by atoms with van der Waals surface area (Å²) in [6, 6.07) is 6.35. The highest BCUT2D eigenvalue weighted by molar-refractivity contribution is 5.96. The molecule has 0 radical (unpaired) electrons. The number of piperidine rings is 1. The molecule has 3 aliphatic rings. The lowest BCUT2D eigenvalue weighted by atomic mass is 10.00. The predicted octanol–water partition coefficient (Wildman–Crippen LogP) is 2.86. The molecule has 1 aliphatic carbocycles. The van der Waals surface area contributed by atoms with E-state index in [1.54, 1.807) is 18.6 Å². The summed E-state index contributed by atoms with van der Waals surface area (Å²) in [7, 11) is 0. The van der Waals surface area contributed by atoms with Gasteiger partial charge in [0.05, 0.1) is 17.7 Å². The topological polar surface area (TPSA) is 83.3 Å². The van der Waals surface area contributed by atoms with Gasteiger partial charge in [0.2, 0.25) is 0 Å². The zero-order chi connectivity index (χ0) is 22.6. The van der Waals surface area contributed by atoms with Crippen LogP contribution in [0.1, 0.15) is 49.8 Å². The standard InChI is InChI=1S/C26H29N5O2/c32-25(21-3-1-12-27-18-21)24-9-8-22(29-24)17-19-4-6-20(7-5-19)26(33)30-15-10-23(11-16-30)31-14-2-13-28-31/h1-4,6,12-14,18,22-25,29,32H,8-11,15-17H2/t22-,24+,25+/m0/s1. The van der Waals surface area contributed by atoms with Gasteiger partial charge >= 0.3 is 0 Å². The Kier molecular flexibility index (Phi) is 6.38. The first-order valence-corrected chi connectivity index (χ1v) is 11.7. The Morgan fingerprint density at radius 2 is 2.03 bits per heavy atom. The Morgan fingerprint density at radius 3 is 2.73 bits per heavy atom. The normalized spacial score (nSPS) is 24.0. The van der Waals surface area contributed by atoms with E-state index >= 15 is 0 Å². The second-order valence-electron chi connectivity index (χ2n) is 9.01. The summed E-state index contributed by atoms with van der Waals surface area (Å²) in [5, 5.41) is 18.5. The molecule has 33 heavy (non-hydrogen) atoms. The molecule has 2 fully saturated rings. The smallest absolute Gasteiger partial charge is 0.262 e. The summed E-state index contributed by atoms with van der Waals surface area (Å²) < 4.78 is 1.99. The summed E-state index contributed by atoms with van der Waals surface area (Å²) in [5.41, 5.74) is 8.71. The number of allylic oxidation sites excluding steroid dienone is 1. The molecule has 2 aliphatic heterocycles. The Morgan fingerprint density at radius 1 is 1.15 bits per heavy atom. The van der Waals surface area contributed by atoms with Crippen LogP contribution >= 0.6 is 0 Å². The van der Waals surface area contributed by atoms with Crippen molar-refractivity contribution in [3.8, 4) is 0 Å². The van der Waals surface area contributed by atoms with Crippen LogP contribution in [0.2, 0.25) is 0 Å². The molecule has 170 valence electrons. The molecule has 0 spiro atoms. The van der Waals surface area contributed by atoms with Gasteiger partial charge in [0.25, 0.3) is 5.91 Å². The quantitative estimate of drug-likeness (QED) is 0.671. The number of carbonyl (C=O) groups is 1. The van der Waals surface area contributed by atoms with Crippen molar-refractivity contribution in [2.45, 2.75) is 56.3 Å². The average Bonchev–Trinajstić information content (AvgIpc) is 3.57. The van der Waals surface area contributed by atoms with Crippen LogP contribution in [0.25, 0.3) is 0 Å². The minimum atomic E-state index is -0.559. The van der Waals surface area contributed by atoms with Gasteiger partial charge in [0, 0.05) is 61.1 Å². The number of aliphatic hydroxyl groups is 1. The SMILES string of the molecule is O=C(C1=C=C=C(C[C@@H]2CC[C@H]([C@H](O)c3cccnc3)N2)C=C1)N1CCC(n2cccn2)CC1. The second-order valence-corrected chi connectivity index (χ2v) is 9.01. The lowest BCUT2D eigenvalue weighted by Crippen LogP contribution is -2.39. The molecule has 5 rings (SSSR count). The fourth-order valence-corrected chi connectivity index (χ4v) is 4.97. The summed E-state index contributed by atoms with van der Waals surface area (Å²) in [5.74, 6) is 0.0235. The Bertz CT molecular complexity index is 1100. The highest BCUT2D eigenvalue weighted by Crippen LogP contribution is 2.28. The van der Waals surface area contributed by atoms with Crippen molar-refractivity contribution in [3.05, 3.63) is 83.3 Å². The molecule has 2 aromatic heterocycles. The van der Waals surface area contributed by atoms with Gasteiger partial charge < -0.3 is 15.3 Å². The van der Waals surface area contributed by atoms with E-state index in [1.165, 1.54) is 0 Å². The number of aliphatic hydroxyl groups excluding tert-OH is 1. The minimum Gasteiger partial charge on any atom is -0.387 e. The van der Waals surface area contributed by atoms with Gasteiger partial charge in [-0.1, -0.05) is 17.5 Å². The fourth-order valence-electron chi connectivity index (χ4n) is 4.97. The second kappa shape index (κ2) is 9.74. The number of pyridine rings is 1. The lowest BCUT2D eigenvalue weighted by Gasteiger charge is -2.32. The first-order valence-electron chi connectivity index (χ1n) is 11.7. The molecule has 0 saturated carbocycles. The first kappa shape index (κ1) is 21.6. The van der Waals surface area contributed by atoms with E-state index < -0.39 is 6.10 Å². The van der Waals surface area contributed by atoms with Crippen LogP contribution < -0.4 is 5.32 Å². The number of aromatic nitrogens is 3. The molecule has 7 nitrogen and oxygen atoms in total. The Hall–Kier alpha value is -3.21. The van der Waals surface area contributed by atoms with E-state index in [9.17, 15) is 9.90 Å². The number of carbonyl (C=O) groups excluding carboxylic acids is 1. The van der Waals surface area contributed by atoms with Crippen LogP contribution in [-0.4, -0.2) is 55.9 Å². The third-order valence-corrected chi connectivity index (χ3v) is 6.84.